The molecule has 3 heteroatoms. The minimum absolute atomic E-state index is 0.281. The van der Waals surface area contributed by atoms with E-state index >= 15 is 0 Å². The fraction of sp³-hybridized carbons (Fsp3) is 0.533. The standard InChI is InChI=1S/C15H20N2O/c1-2-11-3-6-13(7-4-11)18-15-8-5-12(10-16)9-14(15)17/h5,8-9,11,13H,2-4,6-7,17H2,1H3. The Balaban J connectivity index is 1.96. The maximum Gasteiger partial charge on any atom is 0.142 e. The number of nitriles is 1. The number of anilines is 1. The number of hydrogen-bond donors (Lipinski definition) is 1. The van der Waals surface area contributed by atoms with Crippen molar-refractivity contribution in [1.29, 1.82) is 5.26 Å². The molecule has 0 atom stereocenters. The van der Waals surface area contributed by atoms with Crippen molar-refractivity contribution in [2.45, 2.75) is 45.1 Å². The second kappa shape index (κ2) is 5.77. The summed E-state index contributed by atoms with van der Waals surface area (Å²) >= 11 is 0. The zero-order valence-corrected chi connectivity index (χ0v) is 10.9. The van der Waals surface area contributed by atoms with Crippen LogP contribution in [0.4, 0.5) is 5.69 Å². The predicted molar refractivity (Wildman–Crippen MR) is 72.2 cm³/mol. The maximum atomic E-state index is 8.78. The largest absolute Gasteiger partial charge is 0.488 e. The number of nitrogens with two attached hydrogens (primary N) is 1. The van der Waals surface area contributed by atoms with E-state index in [-0.39, 0.29) is 6.10 Å². The lowest BCUT2D eigenvalue weighted by molar-refractivity contribution is 0.131. The van der Waals surface area contributed by atoms with Gasteiger partial charge in [-0.1, -0.05) is 13.3 Å². The second-order valence-electron chi connectivity index (χ2n) is 5.03. The van der Waals surface area contributed by atoms with Gasteiger partial charge in [-0.25, -0.2) is 0 Å². The molecule has 96 valence electrons. The molecule has 0 spiro atoms. The first-order chi connectivity index (χ1) is 8.72. The molecule has 0 radical (unpaired) electrons. The summed E-state index contributed by atoms with van der Waals surface area (Å²) in [6, 6.07) is 7.31. The van der Waals surface area contributed by atoms with E-state index in [0.29, 0.717) is 17.0 Å². The van der Waals surface area contributed by atoms with E-state index in [1.807, 2.05) is 0 Å². The van der Waals surface area contributed by atoms with Gasteiger partial charge in [-0.05, 0) is 49.8 Å². The van der Waals surface area contributed by atoms with Gasteiger partial charge in [-0.2, -0.15) is 5.26 Å². The molecule has 2 N–H and O–H groups in total. The molecule has 0 amide bonds. The summed E-state index contributed by atoms with van der Waals surface area (Å²) in [6.45, 7) is 2.25. The van der Waals surface area contributed by atoms with Gasteiger partial charge in [0.1, 0.15) is 5.75 Å². The number of hydrogen-bond acceptors (Lipinski definition) is 3. The van der Waals surface area contributed by atoms with Gasteiger partial charge in [0.2, 0.25) is 0 Å². The maximum absolute atomic E-state index is 8.78. The quantitative estimate of drug-likeness (QED) is 0.828. The molecule has 1 aliphatic carbocycles. The molecule has 1 saturated carbocycles. The molecule has 1 aromatic rings. The van der Waals surface area contributed by atoms with Gasteiger partial charge in [-0.3, -0.25) is 0 Å². The number of ether oxygens (including phenoxy) is 1. The highest BCUT2D eigenvalue weighted by atomic mass is 16.5. The van der Waals surface area contributed by atoms with Crippen LogP contribution in [-0.2, 0) is 0 Å². The first kappa shape index (κ1) is 12.8. The molecule has 2 rings (SSSR count). The van der Waals surface area contributed by atoms with Crippen molar-refractivity contribution in [3.8, 4) is 11.8 Å². The summed E-state index contributed by atoms with van der Waals surface area (Å²) in [4.78, 5) is 0. The van der Waals surface area contributed by atoms with E-state index in [9.17, 15) is 0 Å². The average Bonchev–Trinajstić information content (AvgIpc) is 2.42. The predicted octanol–water partition coefficient (Wildman–Crippen LogP) is 3.49. The smallest absolute Gasteiger partial charge is 0.142 e. The molecule has 0 aliphatic heterocycles. The summed E-state index contributed by atoms with van der Waals surface area (Å²) in [5.74, 6) is 1.58. The molecule has 18 heavy (non-hydrogen) atoms. The van der Waals surface area contributed by atoms with Gasteiger partial charge < -0.3 is 10.5 Å². The van der Waals surface area contributed by atoms with Crippen LogP contribution in [0.2, 0.25) is 0 Å². The van der Waals surface area contributed by atoms with E-state index in [4.69, 9.17) is 15.7 Å². The second-order valence-corrected chi connectivity index (χ2v) is 5.03. The number of nitrogen functional groups attached to an aromatic ring is 1. The number of nitrogens with zero attached hydrogens (tertiary/aromatic N) is 1. The lowest BCUT2D eigenvalue weighted by Crippen LogP contribution is -2.24. The SMILES string of the molecule is CCC1CCC(Oc2ccc(C#N)cc2N)CC1. The van der Waals surface area contributed by atoms with Crippen molar-refractivity contribution in [2.75, 3.05) is 5.73 Å². The monoisotopic (exact) mass is 244 g/mol. The molecule has 0 bridgehead atoms. The molecule has 0 saturated heterocycles. The Kier molecular flexibility index (Phi) is 4.09. The Morgan fingerprint density at radius 3 is 2.61 bits per heavy atom. The summed E-state index contributed by atoms with van der Waals surface area (Å²) in [5.41, 5.74) is 7.03. The lowest BCUT2D eigenvalue weighted by Gasteiger charge is -2.28. The van der Waals surface area contributed by atoms with Crippen LogP contribution in [0.15, 0.2) is 18.2 Å². The van der Waals surface area contributed by atoms with Crippen LogP contribution >= 0.6 is 0 Å². The average molecular weight is 244 g/mol. The van der Waals surface area contributed by atoms with E-state index in [2.05, 4.69) is 13.0 Å². The Bertz CT molecular complexity index is 442. The molecule has 1 aliphatic rings. The highest BCUT2D eigenvalue weighted by molar-refractivity contribution is 5.56. The van der Waals surface area contributed by atoms with Crippen LogP contribution < -0.4 is 10.5 Å². The molecular weight excluding hydrogens is 224 g/mol. The van der Waals surface area contributed by atoms with Crippen LogP contribution in [0, 0.1) is 17.2 Å². The molecule has 0 aromatic heterocycles. The number of rotatable bonds is 3. The van der Waals surface area contributed by atoms with Crippen LogP contribution in [0.5, 0.6) is 5.75 Å². The normalized spacial score (nSPS) is 23.3. The third kappa shape index (κ3) is 2.95. The Morgan fingerprint density at radius 1 is 1.33 bits per heavy atom. The summed E-state index contributed by atoms with van der Waals surface area (Å²) in [7, 11) is 0. The van der Waals surface area contributed by atoms with Crippen LogP contribution in [-0.4, -0.2) is 6.10 Å². The summed E-state index contributed by atoms with van der Waals surface area (Å²) in [5, 5.41) is 8.78. The Hall–Kier alpha value is -1.69. The molecular formula is C15H20N2O. The lowest BCUT2D eigenvalue weighted by atomic mass is 9.86. The third-order valence-corrected chi connectivity index (χ3v) is 3.80. The van der Waals surface area contributed by atoms with E-state index in [0.717, 1.165) is 18.8 Å². The van der Waals surface area contributed by atoms with Crippen LogP contribution in [0.1, 0.15) is 44.6 Å². The molecule has 3 nitrogen and oxygen atoms in total. The van der Waals surface area contributed by atoms with E-state index < -0.39 is 0 Å². The highest BCUT2D eigenvalue weighted by Crippen LogP contribution is 2.31. The van der Waals surface area contributed by atoms with Crippen molar-refractivity contribution in [3.63, 3.8) is 0 Å². The fourth-order valence-corrected chi connectivity index (χ4v) is 2.56. The van der Waals surface area contributed by atoms with Gasteiger partial charge >= 0.3 is 0 Å². The summed E-state index contributed by atoms with van der Waals surface area (Å²) in [6.07, 6.45) is 6.26. The van der Waals surface area contributed by atoms with Gasteiger partial charge in [0, 0.05) is 0 Å². The van der Waals surface area contributed by atoms with Gasteiger partial charge in [0.15, 0.2) is 0 Å². The molecule has 0 unspecified atom stereocenters. The summed E-state index contributed by atoms with van der Waals surface area (Å²) < 4.78 is 5.94. The van der Waals surface area contributed by atoms with Gasteiger partial charge in [-0.15, -0.1) is 0 Å². The topological polar surface area (TPSA) is 59.0 Å². The number of benzene rings is 1. The van der Waals surface area contributed by atoms with Crippen LogP contribution in [0.25, 0.3) is 0 Å². The van der Waals surface area contributed by atoms with Crippen LogP contribution in [0.3, 0.4) is 0 Å². The van der Waals surface area contributed by atoms with Crippen molar-refractivity contribution < 1.29 is 4.74 Å². The van der Waals surface area contributed by atoms with Crippen molar-refractivity contribution in [3.05, 3.63) is 23.8 Å². The molecule has 1 aromatic carbocycles. The minimum atomic E-state index is 0.281. The Labute approximate surface area is 109 Å². The van der Waals surface area contributed by atoms with Gasteiger partial charge in [0.05, 0.1) is 23.4 Å². The van der Waals surface area contributed by atoms with Crippen molar-refractivity contribution in [1.82, 2.24) is 0 Å². The van der Waals surface area contributed by atoms with Gasteiger partial charge in [0.25, 0.3) is 0 Å². The van der Waals surface area contributed by atoms with E-state index in [1.165, 1.54) is 19.3 Å². The first-order valence-corrected chi connectivity index (χ1v) is 6.69. The minimum Gasteiger partial charge on any atom is -0.488 e. The van der Waals surface area contributed by atoms with Crippen molar-refractivity contribution in [2.24, 2.45) is 5.92 Å². The molecule has 0 heterocycles. The van der Waals surface area contributed by atoms with Crippen molar-refractivity contribution >= 4 is 5.69 Å². The fourth-order valence-electron chi connectivity index (χ4n) is 2.56. The zero-order valence-electron chi connectivity index (χ0n) is 10.9. The Morgan fingerprint density at radius 2 is 2.06 bits per heavy atom. The highest BCUT2D eigenvalue weighted by Gasteiger charge is 2.21. The van der Waals surface area contributed by atoms with E-state index in [1.54, 1.807) is 18.2 Å². The first-order valence-electron chi connectivity index (χ1n) is 6.69. The molecule has 1 fully saturated rings. The zero-order chi connectivity index (χ0) is 13.0. The third-order valence-electron chi connectivity index (χ3n) is 3.80.